The van der Waals surface area contributed by atoms with Crippen molar-refractivity contribution >= 4 is 33.3 Å². The second-order valence-corrected chi connectivity index (χ2v) is 17.9. The summed E-state index contributed by atoms with van der Waals surface area (Å²) in [5.41, 5.74) is 18.5. The van der Waals surface area contributed by atoms with Gasteiger partial charge in [0.25, 0.3) is 0 Å². The Bertz CT molecular complexity index is 2530. The first-order valence-corrected chi connectivity index (χ1v) is 20.4. The lowest BCUT2D eigenvalue weighted by Crippen LogP contribution is -2.22. The van der Waals surface area contributed by atoms with Crippen LogP contribution in [0.5, 0.6) is 0 Å². The Labute approximate surface area is 328 Å². The zero-order valence-electron chi connectivity index (χ0n) is 33.6. The number of benzene rings is 6. The van der Waals surface area contributed by atoms with Crippen molar-refractivity contribution in [3.8, 4) is 22.3 Å². The summed E-state index contributed by atoms with van der Waals surface area (Å²) in [5, 5.41) is 2.64. The van der Waals surface area contributed by atoms with Gasteiger partial charge in [-0.3, -0.25) is 0 Å². The van der Waals surface area contributed by atoms with Gasteiger partial charge in [0, 0.05) is 22.4 Å². The summed E-state index contributed by atoms with van der Waals surface area (Å²) >= 11 is 0. The van der Waals surface area contributed by atoms with E-state index in [9.17, 15) is 0 Å². The predicted octanol–water partition coefficient (Wildman–Crippen LogP) is 15.1. The smallest absolute Gasteiger partial charge is 0.0543 e. The van der Waals surface area contributed by atoms with Crippen LogP contribution < -0.4 is 4.90 Å². The van der Waals surface area contributed by atoms with E-state index in [4.69, 9.17) is 0 Å². The molecule has 2 unspecified atom stereocenters. The molecule has 0 amide bonds. The molecule has 0 fully saturated rings. The SMILES string of the molecule is CC1CC=C(c2ccc(C3=C(N(c4ccc(-c5cccc6cccc(C(C)(C)C)c56)cc4)c4cccc5c4-c4ccccc4C5(C)C)C=CCC3C)cc2)C1. The third-order valence-corrected chi connectivity index (χ3v) is 12.7. The average molecular weight is 716 g/mol. The standard InChI is InChI=1S/C54H53N/c1-35-24-25-41(34-35)37-26-28-40(29-27-37)50-36(2)14-10-22-48(50)55(49-23-13-21-47-52(49)44-17-8-9-19-45(44)54(47,6)7)42-32-30-38(31-33-42)43-18-11-15-39-16-12-20-46(51(39)43)53(3,4)5/h8-13,15-23,25-33,35-36H,14,24,34H2,1-7H3. The molecule has 3 aliphatic rings. The largest absolute Gasteiger partial charge is 0.310 e. The minimum absolute atomic E-state index is 0.0294. The van der Waals surface area contributed by atoms with E-state index in [2.05, 4.69) is 199 Å². The molecule has 6 aromatic carbocycles. The molecule has 0 aromatic heterocycles. The molecule has 0 saturated carbocycles. The van der Waals surface area contributed by atoms with Crippen LogP contribution in [-0.4, -0.2) is 0 Å². The zero-order valence-corrected chi connectivity index (χ0v) is 33.6. The van der Waals surface area contributed by atoms with Gasteiger partial charge in [-0.05, 0) is 127 Å². The summed E-state index contributed by atoms with van der Waals surface area (Å²) in [6, 6.07) is 48.4. The minimum Gasteiger partial charge on any atom is -0.310 e. The van der Waals surface area contributed by atoms with Crippen molar-refractivity contribution in [3.05, 3.63) is 179 Å². The van der Waals surface area contributed by atoms with Gasteiger partial charge in [0.05, 0.1) is 5.69 Å². The summed E-state index contributed by atoms with van der Waals surface area (Å²) in [4.78, 5) is 2.57. The molecule has 0 saturated heterocycles. The van der Waals surface area contributed by atoms with Gasteiger partial charge in [0.15, 0.2) is 0 Å². The van der Waals surface area contributed by atoms with Crippen LogP contribution in [0.15, 0.2) is 151 Å². The molecule has 1 heteroatoms. The highest BCUT2D eigenvalue weighted by Crippen LogP contribution is 2.54. The Kier molecular flexibility index (Phi) is 8.61. The van der Waals surface area contributed by atoms with Gasteiger partial charge in [-0.2, -0.15) is 0 Å². The molecule has 6 aromatic rings. The highest BCUT2D eigenvalue weighted by atomic mass is 15.2. The molecule has 0 radical (unpaired) electrons. The van der Waals surface area contributed by atoms with Crippen LogP contribution in [0.4, 0.5) is 11.4 Å². The lowest BCUT2D eigenvalue weighted by molar-refractivity contribution is 0.596. The number of rotatable bonds is 6. The Morgan fingerprint density at radius 3 is 2.02 bits per heavy atom. The van der Waals surface area contributed by atoms with Crippen molar-refractivity contribution in [3.63, 3.8) is 0 Å². The molecule has 55 heavy (non-hydrogen) atoms. The molecular weight excluding hydrogens is 663 g/mol. The lowest BCUT2D eigenvalue weighted by Gasteiger charge is -2.34. The highest BCUT2D eigenvalue weighted by molar-refractivity contribution is 6.00. The van der Waals surface area contributed by atoms with Crippen molar-refractivity contribution in [2.24, 2.45) is 11.8 Å². The fourth-order valence-corrected chi connectivity index (χ4v) is 9.78. The summed E-state index contributed by atoms with van der Waals surface area (Å²) in [7, 11) is 0. The summed E-state index contributed by atoms with van der Waals surface area (Å²) in [6.45, 7) is 16.5. The van der Waals surface area contributed by atoms with Gasteiger partial charge >= 0.3 is 0 Å². The summed E-state index contributed by atoms with van der Waals surface area (Å²) in [5.74, 6) is 1.10. The Morgan fingerprint density at radius 1 is 0.636 bits per heavy atom. The zero-order chi connectivity index (χ0) is 38.1. The molecule has 0 aliphatic heterocycles. The van der Waals surface area contributed by atoms with Gasteiger partial charge in [-0.15, -0.1) is 0 Å². The highest BCUT2D eigenvalue weighted by Gasteiger charge is 2.38. The second kappa shape index (κ2) is 13.4. The normalized spacial score (nSPS) is 18.7. The number of nitrogens with zero attached hydrogens (tertiary/aromatic N) is 1. The third-order valence-electron chi connectivity index (χ3n) is 12.7. The molecule has 0 N–H and O–H groups in total. The van der Waals surface area contributed by atoms with E-state index in [1.54, 1.807) is 0 Å². The van der Waals surface area contributed by atoms with Crippen LogP contribution in [0, 0.1) is 11.8 Å². The molecule has 9 rings (SSSR count). The minimum atomic E-state index is -0.0915. The van der Waals surface area contributed by atoms with E-state index in [-0.39, 0.29) is 10.8 Å². The molecule has 0 bridgehead atoms. The first-order valence-electron chi connectivity index (χ1n) is 20.4. The van der Waals surface area contributed by atoms with Crippen LogP contribution in [0.1, 0.15) is 95.5 Å². The van der Waals surface area contributed by atoms with Gasteiger partial charge in [-0.25, -0.2) is 0 Å². The van der Waals surface area contributed by atoms with Crippen LogP contribution in [0.25, 0.3) is 44.2 Å². The van der Waals surface area contributed by atoms with Crippen molar-refractivity contribution in [2.45, 2.75) is 78.6 Å². The van der Waals surface area contributed by atoms with Gasteiger partial charge in [-0.1, -0.05) is 170 Å². The fraction of sp³-hybridized carbons (Fsp3) is 0.259. The first kappa shape index (κ1) is 35.3. The van der Waals surface area contributed by atoms with Crippen LogP contribution in [0.3, 0.4) is 0 Å². The quantitative estimate of drug-likeness (QED) is 0.166. The van der Waals surface area contributed by atoms with Crippen LogP contribution in [-0.2, 0) is 10.8 Å². The number of hydrogen-bond donors (Lipinski definition) is 0. The molecule has 0 spiro atoms. The Hall–Kier alpha value is -5.40. The third kappa shape index (κ3) is 6.00. The first-order chi connectivity index (χ1) is 26.5. The number of hydrogen-bond acceptors (Lipinski definition) is 1. The van der Waals surface area contributed by atoms with Gasteiger partial charge < -0.3 is 4.90 Å². The van der Waals surface area contributed by atoms with E-state index in [1.807, 2.05) is 0 Å². The lowest BCUT2D eigenvalue weighted by atomic mass is 9.81. The maximum atomic E-state index is 2.57. The fourth-order valence-electron chi connectivity index (χ4n) is 9.78. The van der Waals surface area contributed by atoms with Crippen LogP contribution in [0.2, 0.25) is 0 Å². The van der Waals surface area contributed by atoms with E-state index >= 15 is 0 Å². The Morgan fingerprint density at radius 2 is 1.29 bits per heavy atom. The molecule has 274 valence electrons. The molecule has 3 aliphatic carbocycles. The van der Waals surface area contributed by atoms with E-state index in [1.165, 1.54) is 102 Å². The van der Waals surface area contributed by atoms with Crippen molar-refractivity contribution < 1.29 is 0 Å². The van der Waals surface area contributed by atoms with E-state index in [0.717, 1.165) is 12.3 Å². The van der Waals surface area contributed by atoms with Gasteiger partial charge in [0.2, 0.25) is 0 Å². The molecule has 0 heterocycles. The van der Waals surface area contributed by atoms with Crippen LogP contribution >= 0.6 is 0 Å². The number of allylic oxidation sites excluding steroid dienone is 5. The van der Waals surface area contributed by atoms with Crippen molar-refractivity contribution in [1.29, 1.82) is 0 Å². The van der Waals surface area contributed by atoms with E-state index < -0.39 is 0 Å². The monoisotopic (exact) mass is 715 g/mol. The second-order valence-electron chi connectivity index (χ2n) is 17.9. The maximum absolute atomic E-state index is 2.57. The average Bonchev–Trinajstić information content (AvgIpc) is 3.73. The van der Waals surface area contributed by atoms with E-state index in [0.29, 0.717) is 5.92 Å². The van der Waals surface area contributed by atoms with Crippen molar-refractivity contribution in [1.82, 2.24) is 0 Å². The summed E-state index contributed by atoms with van der Waals surface area (Å²) < 4.78 is 0. The molecular formula is C54H53N. The van der Waals surface area contributed by atoms with Crippen molar-refractivity contribution in [2.75, 3.05) is 4.90 Å². The Balaban J connectivity index is 1.25. The number of fused-ring (bicyclic) bond motifs is 4. The molecule has 2 atom stereocenters. The molecule has 1 nitrogen and oxygen atoms in total. The number of anilines is 2. The maximum Gasteiger partial charge on any atom is 0.0543 e. The predicted molar refractivity (Wildman–Crippen MR) is 237 cm³/mol. The summed E-state index contributed by atoms with van der Waals surface area (Å²) in [6.07, 6.45) is 10.6. The van der Waals surface area contributed by atoms with Gasteiger partial charge in [0.1, 0.15) is 0 Å². The topological polar surface area (TPSA) is 3.24 Å².